The van der Waals surface area contributed by atoms with Gasteiger partial charge in [-0.2, -0.15) is 4.98 Å². The van der Waals surface area contributed by atoms with Crippen molar-refractivity contribution in [2.45, 2.75) is 24.9 Å². The summed E-state index contributed by atoms with van der Waals surface area (Å²) in [6.45, 7) is -0.612. The second-order valence-corrected chi connectivity index (χ2v) is 5.37. The van der Waals surface area contributed by atoms with E-state index in [1.165, 1.54) is 12.3 Å². The highest BCUT2D eigenvalue weighted by molar-refractivity contribution is 7.43. The summed E-state index contributed by atoms with van der Waals surface area (Å²) in [6.07, 6.45) is -1.56. The van der Waals surface area contributed by atoms with Crippen molar-refractivity contribution in [3.63, 3.8) is 0 Å². The third-order valence-corrected chi connectivity index (χ3v) is 3.23. The number of phosphoric acid groups is 1. The van der Waals surface area contributed by atoms with Crippen molar-refractivity contribution in [2.75, 3.05) is 12.3 Å². The third-order valence-electron chi connectivity index (χ3n) is 2.76. The van der Waals surface area contributed by atoms with Gasteiger partial charge >= 0.3 is 5.69 Å². The number of aromatic nitrogens is 2. The number of rotatable bonds is 4. The molecule has 20 heavy (non-hydrogen) atoms. The van der Waals surface area contributed by atoms with Crippen molar-refractivity contribution in [2.24, 2.45) is 0 Å². The summed E-state index contributed by atoms with van der Waals surface area (Å²) in [5, 5.41) is 9.70. The number of hydrogen-bond acceptors (Lipinski definition) is 9. The molecule has 0 saturated carbocycles. The van der Waals surface area contributed by atoms with Gasteiger partial charge in [-0.3, -0.25) is 4.57 Å². The molecule has 0 aromatic carbocycles. The lowest BCUT2D eigenvalue weighted by Gasteiger charge is -2.30. The van der Waals surface area contributed by atoms with Crippen molar-refractivity contribution in [3.8, 4) is 0 Å². The number of nitrogens with two attached hydrogens (primary N) is 1. The molecule has 10 nitrogen and oxygen atoms in total. The van der Waals surface area contributed by atoms with Gasteiger partial charge < -0.3 is 34.5 Å². The van der Waals surface area contributed by atoms with Gasteiger partial charge in [0.25, 0.3) is 0 Å². The summed E-state index contributed by atoms with van der Waals surface area (Å²) in [4.78, 5) is 35.8. The molecule has 3 atom stereocenters. The van der Waals surface area contributed by atoms with Crippen LogP contribution in [0.3, 0.4) is 0 Å². The number of anilines is 1. The minimum absolute atomic E-state index is 0.0293. The highest BCUT2D eigenvalue weighted by Gasteiger charge is 2.35. The fourth-order valence-corrected chi connectivity index (χ4v) is 2.18. The summed E-state index contributed by atoms with van der Waals surface area (Å²) in [7, 11) is -5.14. The van der Waals surface area contributed by atoms with E-state index in [0.717, 1.165) is 4.57 Å². The number of ether oxygens (including phenoxy) is 1. The summed E-state index contributed by atoms with van der Waals surface area (Å²) in [6, 6.07) is 1.38. The molecule has 1 aromatic heterocycles. The zero-order valence-corrected chi connectivity index (χ0v) is 11.0. The van der Waals surface area contributed by atoms with Crippen molar-refractivity contribution in [1.82, 2.24) is 9.55 Å². The van der Waals surface area contributed by atoms with E-state index < -0.39 is 38.6 Å². The lowest BCUT2D eigenvalue weighted by atomic mass is 10.2. The van der Waals surface area contributed by atoms with Gasteiger partial charge in [0.15, 0.2) is 0 Å². The van der Waals surface area contributed by atoms with Gasteiger partial charge in [0.05, 0.1) is 20.5 Å². The molecule has 1 aliphatic rings. The zero-order valence-electron chi connectivity index (χ0n) is 10.1. The Bertz CT molecular complexity index is 585. The number of hydrogen-bond donors (Lipinski definition) is 2. The van der Waals surface area contributed by atoms with E-state index in [0.29, 0.717) is 0 Å². The molecule has 1 fully saturated rings. The molecule has 11 heteroatoms. The summed E-state index contributed by atoms with van der Waals surface area (Å²) in [5.41, 5.74) is 4.68. The number of nitrogen functional groups attached to an aromatic ring is 1. The van der Waals surface area contributed by atoms with Crippen LogP contribution in [-0.4, -0.2) is 33.5 Å². The fourth-order valence-electron chi connectivity index (χ4n) is 1.85. The maximum atomic E-state index is 11.6. The molecular formula is C9H12N3O7P-2. The van der Waals surface area contributed by atoms with Crippen molar-refractivity contribution < 1.29 is 28.7 Å². The first-order valence-electron chi connectivity index (χ1n) is 5.61. The average molecular weight is 305 g/mol. The lowest BCUT2D eigenvalue weighted by molar-refractivity contribution is -0.343. The molecule has 1 saturated heterocycles. The summed E-state index contributed by atoms with van der Waals surface area (Å²) >= 11 is 0. The Labute approximate surface area is 113 Å². The van der Waals surface area contributed by atoms with Crippen LogP contribution in [0.25, 0.3) is 0 Å². The molecule has 0 unspecified atom stereocenters. The molecule has 1 aromatic rings. The smallest absolute Gasteiger partial charge is 0.351 e. The van der Waals surface area contributed by atoms with Crippen LogP contribution >= 0.6 is 7.82 Å². The van der Waals surface area contributed by atoms with Crippen LogP contribution in [0.15, 0.2) is 17.1 Å². The van der Waals surface area contributed by atoms with E-state index in [4.69, 9.17) is 10.5 Å². The lowest BCUT2D eigenvalue weighted by Crippen LogP contribution is -2.29. The van der Waals surface area contributed by atoms with E-state index in [1.807, 2.05) is 0 Å². The number of phosphoric ester groups is 1. The van der Waals surface area contributed by atoms with Gasteiger partial charge in [0.1, 0.15) is 18.1 Å². The fraction of sp³-hybridized carbons (Fsp3) is 0.556. The van der Waals surface area contributed by atoms with Crippen LogP contribution in [-0.2, 0) is 13.8 Å². The minimum atomic E-state index is -5.14. The molecule has 0 amide bonds. The normalized spacial score (nSPS) is 26.9. The van der Waals surface area contributed by atoms with Gasteiger partial charge in [0.2, 0.25) is 0 Å². The Morgan fingerprint density at radius 3 is 2.95 bits per heavy atom. The summed E-state index contributed by atoms with van der Waals surface area (Å²) < 4.78 is 20.8. The highest BCUT2D eigenvalue weighted by Crippen LogP contribution is 2.31. The zero-order chi connectivity index (χ0) is 14.9. The molecule has 0 bridgehead atoms. The first-order valence-corrected chi connectivity index (χ1v) is 7.07. The molecule has 2 heterocycles. The van der Waals surface area contributed by atoms with Gasteiger partial charge in [0, 0.05) is 12.6 Å². The largest absolute Gasteiger partial charge is 0.790 e. The molecule has 3 N–H and O–H groups in total. The van der Waals surface area contributed by atoms with E-state index >= 15 is 0 Å². The van der Waals surface area contributed by atoms with E-state index in [2.05, 4.69) is 9.51 Å². The van der Waals surface area contributed by atoms with E-state index in [-0.39, 0.29) is 12.2 Å². The van der Waals surface area contributed by atoms with Crippen molar-refractivity contribution >= 4 is 13.6 Å². The topological polar surface area (TPSA) is 163 Å². The molecule has 0 radical (unpaired) electrons. The van der Waals surface area contributed by atoms with Crippen LogP contribution < -0.4 is 21.2 Å². The Morgan fingerprint density at radius 2 is 2.35 bits per heavy atom. The molecule has 1 aliphatic heterocycles. The second kappa shape index (κ2) is 5.60. The van der Waals surface area contributed by atoms with Gasteiger partial charge in [-0.15, -0.1) is 0 Å². The SMILES string of the molecule is Nc1ccn([C@H]2C[C@@H](O)[C@H](COP(=O)([O-])[O-])O2)c(=O)n1. The van der Waals surface area contributed by atoms with Crippen LogP contribution in [0, 0.1) is 0 Å². The average Bonchev–Trinajstić information content (AvgIpc) is 2.67. The molecular weight excluding hydrogens is 293 g/mol. The van der Waals surface area contributed by atoms with Gasteiger partial charge in [-0.05, 0) is 6.07 Å². The predicted molar refractivity (Wildman–Crippen MR) is 61.0 cm³/mol. The Kier molecular flexibility index (Phi) is 4.23. The quantitative estimate of drug-likeness (QED) is 0.564. The van der Waals surface area contributed by atoms with Crippen LogP contribution in [0.1, 0.15) is 12.6 Å². The summed E-state index contributed by atoms with van der Waals surface area (Å²) in [5.74, 6) is 0.0447. The first-order chi connectivity index (χ1) is 9.26. The molecule has 0 aliphatic carbocycles. The number of nitrogens with zero attached hydrogens (tertiary/aromatic N) is 2. The van der Waals surface area contributed by atoms with E-state index in [1.54, 1.807) is 0 Å². The van der Waals surface area contributed by atoms with Gasteiger partial charge in [-0.25, -0.2) is 4.79 Å². The first kappa shape index (κ1) is 15.1. The Balaban J connectivity index is 2.06. The number of aliphatic hydroxyl groups excluding tert-OH is 1. The van der Waals surface area contributed by atoms with Crippen molar-refractivity contribution in [3.05, 3.63) is 22.7 Å². The maximum absolute atomic E-state index is 11.6. The number of aliphatic hydroxyl groups is 1. The second-order valence-electron chi connectivity index (χ2n) is 4.22. The molecule has 2 rings (SSSR count). The van der Waals surface area contributed by atoms with E-state index in [9.17, 15) is 24.3 Å². The van der Waals surface area contributed by atoms with Crippen LogP contribution in [0.5, 0.6) is 0 Å². The van der Waals surface area contributed by atoms with Gasteiger partial charge in [-0.1, -0.05) is 0 Å². The van der Waals surface area contributed by atoms with Crippen LogP contribution in [0.2, 0.25) is 0 Å². The standard InChI is InChI=1S/C9H14N3O7P/c10-7-1-2-12(9(14)11-7)8-3-5(13)6(19-8)4-18-20(15,16)17/h1-2,5-6,8,13H,3-4H2,(H2,10,11,14)(H2,15,16,17)/p-2/t5-,6+,8-/m1/s1. The third kappa shape index (κ3) is 3.63. The minimum Gasteiger partial charge on any atom is -0.790 e. The maximum Gasteiger partial charge on any atom is 0.351 e. The Morgan fingerprint density at radius 1 is 1.65 bits per heavy atom. The monoisotopic (exact) mass is 305 g/mol. The highest BCUT2D eigenvalue weighted by atomic mass is 31.2. The predicted octanol–water partition coefficient (Wildman–Crippen LogP) is -2.68. The molecule has 0 spiro atoms. The van der Waals surface area contributed by atoms with Crippen LogP contribution in [0.4, 0.5) is 5.82 Å². The Hall–Kier alpha value is -1.29. The molecule has 112 valence electrons. The van der Waals surface area contributed by atoms with Crippen molar-refractivity contribution in [1.29, 1.82) is 0 Å².